The number of carbonyl (C=O) groups excluding carboxylic acids is 3. The summed E-state index contributed by atoms with van der Waals surface area (Å²) in [6.07, 6.45) is -5.94. The van der Waals surface area contributed by atoms with Crippen molar-refractivity contribution in [2.75, 3.05) is 11.9 Å². The number of amides is 2. The summed E-state index contributed by atoms with van der Waals surface area (Å²) in [5, 5.41) is 4.04. The highest BCUT2D eigenvalue weighted by Crippen LogP contribution is 2.29. The van der Waals surface area contributed by atoms with Gasteiger partial charge < -0.3 is 20.1 Å². The Kier molecular flexibility index (Phi) is 10.2. The van der Waals surface area contributed by atoms with Crippen molar-refractivity contribution < 1.29 is 41.4 Å². The van der Waals surface area contributed by atoms with Gasteiger partial charge in [-0.15, -0.1) is 0 Å². The minimum atomic E-state index is -4.84. The summed E-state index contributed by atoms with van der Waals surface area (Å²) in [4.78, 5) is 36.8. The highest BCUT2D eigenvalue weighted by atomic mass is 19.4. The van der Waals surface area contributed by atoms with Crippen molar-refractivity contribution in [1.82, 2.24) is 5.32 Å². The summed E-state index contributed by atoms with van der Waals surface area (Å²) in [6, 6.07) is 9.93. The zero-order valence-electron chi connectivity index (χ0n) is 20.0. The molecule has 2 aromatic carbocycles. The molecule has 0 aliphatic carbocycles. The Labute approximate surface area is 206 Å². The van der Waals surface area contributed by atoms with Gasteiger partial charge in [-0.25, -0.2) is 9.18 Å². The lowest BCUT2D eigenvalue weighted by Gasteiger charge is -2.26. The maximum Gasteiger partial charge on any atom is 0.408 e. The van der Waals surface area contributed by atoms with Crippen LogP contribution in [0.25, 0.3) is 0 Å². The summed E-state index contributed by atoms with van der Waals surface area (Å²) in [5.74, 6) is -5.54. The van der Waals surface area contributed by atoms with Crippen molar-refractivity contribution >= 4 is 23.7 Å². The lowest BCUT2D eigenvalue weighted by atomic mass is 9.99. The first-order chi connectivity index (χ1) is 16.9. The number of rotatable bonds is 10. The van der Waals surface area contributed by atoms with Crippen LogP contribution in [0.3, 0.4) is 0 Å². The zero-order valence-corrected chi connectivity index (χ0v) is 20.0. The van der Waals surface area contributed by atoms with Gasteiger partial charge in [0.15, 0.2) is 0 Å². The van der Waals surface area contributed by atoms with Crippen LogP contribution in [0, 0.1) is 17.7 Å². The van der Waals surface area contributed by atoms with E-state index in [0.717, 1.165) is 13.0 Å². The van der Waals surface area contributed by atoms with E-state index in [1.165, 1.54) is 12.1 Å². The molecular weight excluding hydrogens is 484 g/mol. The van der Waals surface area contributed by atoms with Crippen molar-refractivity contribution in [1.29, 1.82) is 0 Å². The fourth-order valence-corrected chi connectivity index (χ4v) is 3.23. The molecule has 0 heterocycles. The van der Waals surface area contributed by atoms with E-state index in [4.69, 9.17) is 9.47 Å². The highest BCUT2D eigenvalue weighted by Gasteiger charge is 2.45. The van der Waals surface area contributed by atoms with E-state index in [9.17, 15) is 31.9 Å². The van der Waals surface area contributed by atoms with E-state index in [-0.39, 0.29) is 19.6 Å². The van der Waals surface area contributed by atoms with Crippen LogP contribution in [0.4, 0.5) is 28.0 Å². The number of halogens is 4. The van der Waals surface area contributed by atoms with Crippen LogP contribution >= 0.6 is 0 Å². The lowest BCUT2D eigenvalue weighted by molar-refractivity contribution is -0.178. The molecule has 3 unspecified atom stereocenters. The molecule has 0 aliphatic rings. The smallest absolute Gasteiger partial charge is 0.408 e. The Balaban J connectivity index is 2.16. The maximum absolute atomic E-state index is 14.4. The third-order valence-electron chi connectivity index (χ3n) is 5.30. The molecule has 7 nitrogen and oxygen atoms in total. The van der Waals surface area contributed by atoms with Gasteiger partial charge in [0.1, 0.15) is 18.5 Å². The monoisotopic (exact) mass is 512 g/mol. The van der Waals surface area contributed by atoms with Crippen molar-refractivity contribution in [3.05, 3.63) is 65.5 Å². The zero-order chi connectivity index (χ0) is 26.9. The molecule has 2 rings (SSSR count). The summed E-state index contributed by atoms with van der Waals surface area (Å²) in [7, 11) is 0. The third-order valence-corrected chi connectivity index (χ3v) is 5.30. The van der Waals surface area contributed by atoms with Crippen molar-refractivity contribution in [2.45, 2.75) is 46.0 Å². The van der Waals surface area contributed by atoms with Gasteiger partial charge in [0, 0.05) is 0 Å². The predicted octanol–water partition coefficient (Wildman–Crippen LogP) is 5.00. The lowest BCUT2D eigenvalue weighted by Crippen LogP contribution is -2.52. The number of benzene rings is 2. The first-order valence-electron chi connectivity index (χ1n) is 11.2. The Morgan fingerprint density at radius 3 is 2.25 bits per heavy atom. The maximum atomic E-state index is 14.4. The van der Waals surface area contributed by atoms with Crippen LogP contribution in [-0.2, 0) is 32.1 Å². The summed E-state index contributed by atoms with van der Waals surface area (Å²) in [5.41, 5.74) is 0.642. The number of esters is 1. The van der Waals surface area contributed by atoms with Crippen LogP contribution in [0.5, 0.6) is 0 Å². The van der Waals surface area contributed by atoms with E-state index < -0.39 is 53.5 Å². The second-order valence-electron chi connectivity index (χ2n) is 8.17. The van der Waals surface area contributed by atoms with Gasteiger partial charge in [0.05, 0.1) is 24.1 Å². The second-order valence-corrected chi connectivity index (χ2v) is 8.17. The van der Waals surface area contributed by atoms with Crippen LogP contribution in [0.15, 0.2) is 48.5 Å². The molecule has 11 heteroatoms. The summed E-state index contributed by atoms with van der Waals surface area (Å²) in [6.45, 7) is 3.94. The van der Waals surface area contributed by atoms with Gasteiger partial charge in [-0.3, -0.25) is 9.59 Å². The first kappa shape index (κ1) is 28.6. The molecule has 2 aromatic rings. The van der Waals surface area contributed by atoms with Gasteiger partial charge in [-0.2, -0.15) is 13.2 Å². The van der Waals surface area contributed by atoms with E-state index in [0.29, 0.717) is 11.1 Å². The Morgan fingerprint density at radius 2 is 1.64 bits per heavy atom. The van der Waals surface area contributed by atoms with Gasteiger partial charge in [-0.1, -0.05) is 50.2 Å². The average molecular weight is 513 g/mol. The van der Waals surface area contributed by atoms with Crippen LogP contribution in [-0.4, -0.2) is 36.8 Å². The molecule has 2 N–H and O–H groups in total. The topological polar surface area (TPSA) is 93.7 Å². The number of nitrogens with one attached hydrogen (secondary N) is 2. The van der Waals surface area contributed by atoms with E-state index in [1.807, 2.05) is 5.32 Å². The van der Waals surface area contributed by atoms with Gasteiger partial charge in [0.2, 0.25) is 5.91 Å². The van der Waals surface area contributed by atoms with Crippen LogP contribution in [0.1, 0.15) is 31.9 Å². The fourth-order valence-electron chi connectivity index (χ4n) is 3.23. The highest BCUT2D eigenvalue weighted by molar-refractivity contribution is 5.97. The second kappa shape index (κ2) is 12.9. The average Bonchev–Trinajstić information content (AvgIpc) is 2.83. The number of hydrogen-bond donors (Lipinski definition) is 2. The fraction of sp³-hybridized carbons (Fsp3) is 0.400. The minimum Gasteiger partial charge on any atom is -0.466 e. The molecule has 2 amide bonds. The summed E-state index contributed by atoms with van der Waals surface area (Å²) < 4.78 is 64.5. The molecule has 0 saturated heterocycles. The largest absolute Gasteiger partial charge is 0.466 e. The molecule has 0 spiro atoms. The van der Waals surface area contributed by atoms with Crippen LogP contribution in [0.2, 0.25) is 0 Å². The van der Waals surface area contributed by atoms with Gasteiger partial charge >= 0.3 is 18.2 Å². The molecular formula is C25H28F4N2O5. The Morgan fingerprint density at radius 1 is 0.972 bits per heavy atom. The Bertz CT molecular complexity index is 1050. The number of hydrogen-bond acceptors (Lipinski definition) is 5. The quantitative estimate of drug-likeness (QED) is 0.345. The van der Waals surface area contributed by atoms with E-state index in [1.54, 1.807) is 44.2 Å². The molecule has 0 aromatic heterocycles. The van der Waals surface area contributed by atoms with Crippen molar-refractivity contribution in [2.24, 2.45) is 11.8 Å². The molecule has 0 bridgehead atoms. The third kappa shape index (κ3) is 8.54. The van der Waals surface area contributed by atoms with Crippen LogP contribution < -0.4 is 10.6 Å². The van der Waals surface area contributed by atoms with Gasteiger partial charge in [-0.05, 0) is 36.6 Å². The molecule has 0 saturated carbocycles. The van der Waals surface area contributed by atoms with E-state index >= 15 is 0 Å². The van der Waals surface area contributed by atoms with Crippen molar-refractivity contribution in [3.8, 4) is 0 Å². The molecule has 0 aliphatic heterocycles. The minimum absolute atomic E-state index is 0.147. The summed E-state index contributed by atoms with van der Waals surface area (Å²) >= 11 is 0. The molecule has 36 heavy (non-hydrogen) atoms. The molecule has 0 radical (unpaired) electrons. The number of ether oxygens (including phenoxy) is 2. The first-order valence-corrected chi connectivity index (χ1v) is 11.2. The molecule has 196 valence electrons. The predicted molar refractivity (Wildman–Crippen MR) is 123 cm³/mol. The number of carbonyl (C=O) groups is 3. The molecule has 0 fully saturated rings. The molecule has 3 atom stereocenters. The SMILES string of the molecule is CCOC(=O)C(C)Cc1ccc(F)c(NC(=O)C(NC(=O)OCc2ccccc2)C(C)C(F)(F)F)c1. The standard InChI is InChI=1S/C25H28F4N2O5/c1-4-35-23(33)15(2)12-18-10-11-19(26)20(13-18)30-22(32)21(16(3)25(27,28)29)31-24(34)36-14-17-8-6-5-7-9-17/h5-11,13,15-16,21H,4,12,14H2,1-3H3,(H,30,32)(H,31,34). The number of anilines is 1. The number of alkyl carbamates (subject to hydrolysis) is 1. The van der Waals surface area contributed by atoms with Crippen molar-refractivity contribution in [3.63, 3.8) is 0 Å². The normalized spacial score (nSPS) is 13.8. The van der Waals surface area contributed by atoms with E-state index in [2.05, 4.69) is 5.32 Å². The van der Waals surface area contributed by atoms with Gasteiger partial charge in [0.25, 0.3) is 0 Å². The Hall–Kier alpha value is -3.63. The number of alkyl halides is 3.